The Hall–Kier alpha value is -1.49. The van der Waals surface area contributed by atoms with Crippen LogP contribution in [0, 0.1) is 5.82 Å². The molecule has 2 rings (SSSR count). The van der Waals surface area contributed by atoms with Crippen molar-refractivity contribution in [1.29, 1.82) is 0 Å². The van der Waals surface area contributed by atoms with E-state index in [1.54, 1.807) is 18.3 Å². The van der Waals surface area contributed by atoms with E-state index in [0.717, 1.165) is 18.7 Å². The molecule has 1 heterocycles. The number of rotatable bonds is 7. The lowest BCUT2D eigenvalue weighted by atomic mass is 10.1. The summed E-state index contributed by atoms with van der Waals surface area (Å²) in [4.78, 5) is 8.43. The average Bonchev–Trinajstić information content (AvgIpc) is 2.49. The van der Waals surface area contributed by atoms with Crippen molar-refractivity contribution in [3.63, 3.8) is 0 Å². The number of benzene rings is 1. The Morgan fingerprint density at radius 2 is 1.91 bits per heavy atom. The molecule has 0 bridgehead atoms. The first-order chi connectivity index (χ1) is 10.6. The van der Waals surface area contributed by atoms with Crippen LogP contribution in [0.5, 0.6) is 0 Å². The molecule has 1 aromatic carbocycles. The Morgan fingerprint density at radius 1 is 1.09 bits per heavy atom. The molecular formula is C17H21ClFN3. The van der Waals surface area contributed by atoms with Gasteiger partial charge in [0.1, 0.15) is 5.82 Å². The lowest BCUT2D eigenvalue weighted by Crippen LogP contribution is -2.31. The average molecular weight is 322 g/mol. The standard InChI is InChI=1S/C17H21ClFN3/c1-21(2)9-10-22(12-14-5-4-8-20-11-14)13-15-16(18)6-3-7-17(15)19/h3-8,11H,9-10,12-13H2,1-2H3. The maximum Gasteiger partial charge on any atom is 0.129 e. The molecule has 0 radical (unpaired) electrons. The van der Waals surface area contributed by atoms with Gasteiger partial charge >= 0.3 is 0 Å². The van der Waals surface area contributed by atoms with Gasteiger partial charge in [0.05, 0.1) is 0 Å². The van der Waals surface area contributed by atoms with Crippen LogP contribution >= 0.6 is 11.6 Å². The van der Waals surface area contributed by atoms with Crippen molar-refractivity contribution < 1.29 is 4.39 Å². The zero-order valence-corrected chi connectivity index (χ0v) is 13.7. The van der Waals surface area contributed by atoms with Crippen LogP contribution in [-0.2, 0) is 13.1 Å². The highest BCUT2D eigenvalue weighted by Crippen LogP contribution is 2.21. The van der Waals surface area contributed by atoms with E-state index in [1.807, 2.05) is 32.4 Å². The molecule has 0 N–H and O–H groups in total. The Bertz CT molecular complexity index is 569. The first-order valence-electron chi connectivity index (χ1n) is 7.25. The number of nitrogens with zero attached hydrogens (tertiary/aromatic N) is 3. The van der Waals surface area contributed by atoms with Crippen LogP contribution in [0.3, 0.4) is 0 Å². The summed E-state index contributed by atoms with van der Waals surface area (Å²) in [5.41, 5.74) is 1.65. The van der Waals surface area contributed by atoms with Crippen molar-refractivity contribution in [2.75, 3.05) is 27.2 Å². The number of pyridine rings is 1. The summed E-state index contributed by atoms with van der Waals surface area (Å²) in [5.74, 6) is -0.256. The second kappa shape index (κ2) is 8.22. The summed E-state index contributed by atoms with van der Waals surface area (Å²) in [6.45, 7) is 2.92. The van der Waals surface area contributed by atoms with Crippen molar-refractivity contribution >= 4 is 11.6 Å². The first-order valence-corrected chi connectivity index (χ1v) is 7.63. The van der Waals surface area contributed by atoms with Crippen LogP contribution in [0.2, 0.25) is 5.02 Å². The zero-order chi connectivity index (χ0) is 15.9. The molecule has 0 aliphatic carbocycles. The van der Waals surface area contributed by atoms with Gasteiger partial charge in [-0.3, -0.25) is 9.88 Å². The number of aromatic nitrogens is 1. The van der Waals surface area contributed by atoms with E-state index in [2.05, 4.69) is 14.8 Å². The molecule has 0 fully saturated rings. The molecular weight excluding hydrogens is 301 g/mol. The molecule has 1 aromatic heterocycles. The zero-order valence-electron chi connectivity index (χ0n) is 13.0. The Morgan fingerprint density at radius 3 is 2.55 bits per heavy atom. The van der Waals surface area contributed by atoms with E-state index in [0.29, 0.717) is 23.7 Å². The molecule has 0 unspecified atom stereocenters. The molecule has 118 valence electrons. The number of likely N-dealkylation sites (N-methyl/N-ethyl adjacent to an activating group) is 1. The van der Waals surface area contributed by atoms with Gasteiger partial charge < -0.3 is 4.90 Å². The van der Waals surface area contributed by atoms with E-state index in [4.69, 9.17) is 11.6 Å². The van der Waals surface area contributed by atoms with Crippen molar-refractivity contribution in [3.8, 4) is 0 Å². The summed E-state index contributed by atoms with van der Waals surface area (Å²) in [7, 11) is 4.05. The van der Waals surface area contributed by atoms with Crippen LogP contribution in [0.4, 0.5) is 4.39 Å². The van der Waals surface area contributed by atoms with Gasteiger partial charge in [0.25, 0.3) is 0 Å². The highest BCUT2D eigenvalue weighted by molar-refractivity contribution is 6.31. The predicted octanol–water partition coefficient (Wildman–Crippen LogP) is 3.44. The molecule has 3 nitrogen and oxygen atoms in total. The molecule has 0 aliphatic heterocycles. The maximum atomic E-state index is 14.0. The van der Waals surface area contributed by atoms with Crippen molar-refractivity contribution in [2.24, 2.45) is 0 Å². The summed E-state index contributed by atoms with van der Waals surface area (Å²) < 4.78 is 14.0. The van der Waals surface area contributed by atoms with Crippen molar-refractivity contribution in [2.45, 2.75) is 13.1 Å². The molecule has 22 heavy (non-hydrogen) atoms. The van der Waals surface area contributed by atoms with Crippen LogP contribution in [0.1, 0.15) is 11.1 Å². The van der Waals surface area contributed by atoms with Crippen LogP contribution in [0.15, 0.2) is 42.7 Å². The second-order valence-electron chi connectivity index (χ2n) is 5.58. The quantitative estimate of drug-likeness (QED) is 0.779. The molecule has 0 spiro atoms. The highest BCUT2D eigenvalue weighted by atomic mass is 35.5. The SMILES string of the molecule is CN(C)CCN(Cc1cccnc1)Cc1c(F)cccc1Cl. The van der Waals surface area contributed by atoms with E-state index in [-0.39, 0.29) is 5.82 Å². The van der Waals surface area contributed by atoms with Gasteiger partial charge in [-0.05, 0) is 37.9 Å². The highest BCUT2D eigenvalue weighted by Gasteiger charge is 2.13. The summed E-state index contributed by atoms with van der Waals surface area (Å²) in [6.07, 6.45) is 3.59. The van der Waals surface area contributed by atoms with Gasteiger partial charge in [-0.2, -0.15) is 0 Å². The lowest BCUT2D eigenvalue weighted by molar-refractivity contribution is 0.223. The Kier molecular flexibility index (Phi) is 6.31. The van der Waals surface area contributed by atoms with Gasteiger partial charge in [-0.25, -0.2) is 4.39 Å². The fourth-order valence-electron chi connectivity index (χ4n) is 2.21. The van der Waals surface area contributed by atoms with Crippen LogP contribution in [0.25, 0.3) is 0 Å². The number of halogens is 2. The Labute approximate surface area is 136 Å². The molecule has 0 atom stereocenters. The summed E-state index contributed by atoms with van der Waals surface area (Å²) in [6, 6.07) is 8.75. The van der Waals surface area contributed by atoms with Crippen molar-refractivity contribution in [1.82, 2.24) is 14.8 Å². The summed E-state index contributed by atoms with van der Waals surface area (Å²) >= 11 is 6.15. The Balaban J connectivity index is 2.13. The lowest BCUT2D eigenvalue weighted by Gasteiger charge is -2.24. The van der Waals surface area contributed by atoms with Gasteiger partial charge in [-0.1, -0.05) is 23.7 Å². The molecule has 0 saturated carbocycles. The molecule has 5 heteroatoms. The van der Waals surface area contributed by atoms with E-state index in [1.165, 1.54) is 6.07 Å². The minimum atomic E-state index is -0.256. The normalized spacial score (nSPS) is 11.4. The monoisotopic (exact) mass is 321 g/mol. The third-order valence-corrected chi connectivity index (χ3v) is 3.79. The third kappa shape index (κ3) is 5.05. The molecule has 0 saturated heterocycles. The minimum absolute atomic E-state index is 0.256. The topological polar surface area (TPSA) is 19.4 Å². The maximum absolute atomic E-state index is 14.0. The van der Waals surface area contributed by atoms with Gasteiger partial charge in [0, 0.05) is 49.2 Å². The first kappa shape index (κ1) is 16.9. The van der Waals surface area contributed by atoms with E-state index < -0.39 is 0 Å². The van der Waals surface area contributed by atoms with E-state index >= 15 is 0 Å². The third-order valence-electron chi connectivity index (χ3n) is 3.44. The fraction of sp³-hybridized carbons (Fsp3) is 0.353. The van der Waals surface area contributed by atoms with Crippen LogP contribution < -0.4 is 0 Å². The smallest absolute Gasteiger partial charge is 0.129 e. The molecule has 0 aliphatic rings. The summed E-state index contributed by atoms with van der Waals surface area (Å²) in [5, 5.41) is 0.473. The van der Waals surface area contributed by atoms with Gasteiger partial charge in [-0.15, -0.1) is 0 Å². The fourth-order valence-corrected chi connectivity index (χ4v) is 2.44. The predicted molar refractivity (Wildman–Crippen MR) is 88.3 cm³/mol. The largest absolute Gasteiger partial charge is 0.308 e. The number of hydrogen-bond acceptors (Lipinski definition) is 3. The second-order valence-corrected chi connectivity index (χ2v) is 5.98. The van der Waals surface area contributed by atoms with Crippen molar-refractivity contribution in [3.05, 3.63) is 64.7 Å². The van der Waals surface area contributed by atoms with Gasteiger partial charge in [0.15, 0.2) is 0 Å². The van der Waals surface area contributed by atoms with Gasteiger partial charge in [0.2, 0.25) is 0 Å². The van der Waals surface area contributed by atoms with Crippen LogP contribution in [-0.4, -0.2) is 42.0 Å². The minimum Gasteiger partial charge on any atom is -0.308 e. The van der Waals surface area contributed by atoms with E-state index in [9.17, 15) is 4.39 Å². The molecule has 0 amide bonds. The number of hydrogen-bond donors (Lipinski definition) is 0. The molecule has 2 aromatic rings.